The van der Waals surface area contributed by atoms with Crippen LogP contribution in [0.3, 0.4) is 0 Å². The van der Waals surface area contributed by atoms with Gasteiger partial charge in [-0.2, -0.15) is 0 Å². The van der Waals surface area contributed by atoms with Crippen molar-refractivity contribution in [1.82, 2.24) is 9.55 Å². The highest BCUT2D eigenvalue weighted by molar-refractivity contribution is 9.13. The molecule has 1 aliphatic heterocycles. The molecular weight excluding hydrogens is 446 g/mol. The second-order valence-corrected chi connectivity index (χ2v) is 7.34. The third-order valence-electron chi connectivity index (χ3n) is 4.10. The molecule has 10 heteroatoms. The molecule has 0 spiro atoms. The van der Waals surface area contributed by atoms with Crippen LogP contribution in [0.25, 0.3) is 11.0 Å². The van der Waals surface area contributed by atoms with Crippen molar-refractivity contribution in [2.75, 3.05) is 31.7 Å². The SMILES string of the molecule is COCCn1c(N2CC[C@@H](N)C2)nc2c([N+](=O)[O-])c(Br)c(Br)cc21. The molecule has 2 aromatic rings. The molecule has 1 aromatic heterocycles. The number of hydrogen-bond acceptors (Lipinski definition) is 6. The Morgan fingerprint density at radius 2 is 2.29 bits per heavy atom. The predicted octanol–water partition coefficient (Wildman–Crippen LogP) is 2.65. The van der Waals surface area contributed by atoms with E-state index in [9.17, 15) is 10.1 Å². The van der Waals surface area contributed by atoms with Crippen molar-refractivity contribution in [1.29, 1.82) is 0 Å². The normalized spacial score (nSPS) is 17.8. The van der Waals surface area contributed by atoms with E-state index in [0.717, 1.165) is 13.0 Å². The molecular formula is C14H17Br2N5O3. The number of nitrogens with two attached hydrogens (primary N) is 1. The Bertz CT molecular complexity index is 795. The van der Waals surface area contributed by atoms with E-state index in [-0.39, 0.29) is 11.7 Å². The van der Waals surface area contributed by atoms with Gasteiger partial charge in [0.15, 0.2) is 5.52 Å². The Labute approximate surface area is 155 Å². The smallest absolute Gasteiger partial charge is 0.312 e. The molecule has 0 amide bonds. The third-order valence-corrected chi connectivity index (χ3v) is 6.06. The van der Waals surface area contributed by atoms with Crippen LogP contribution >= 0.6 is 31.9 Å². The molecule has 8 nitrogen and oxygen atoms in total. The molecule has 0 bridgehead atoms. The predicted molar refractivity (Wildman–Crippen MR) is 98.5 cm³/mol. The first kappa shape index (κ1) is 17.6. The average Bonchev–Trinajstić information content (AvgIpc) is 3.09. The van der Waals surface area contributed by atoms with Gasteiger partial charge in [0.25, 0.3) is 0 Å². The maximum absolute atomic E-state index is 11.5. The van der Waals surface area contributed by atoms with Crippen LogP contribution in [0.4, 0.5) is 11.6 Å². The minimum Gasteiger partial charge on any atom is -0.383 e. The second-order valence-electron chi connectivity index (χ2n) is 5.70. The van der Waals surface area contributed by atoms with Crippen LogP contribution < -0.4 is 10.6 Å². The van der Waals surface area contributed by atoms with Gasteiger partial charge >= 0.3 is 5.69 Å². The number of aromatic nitrogens is 2. The minimum absolute atomic E-state index is 0.0414. The average molecular weight is 463 g/mol. The van der Waals surface area contributed by atoms with Crippen LogP contribution in [0.5, 0.6) is 0 Å². The first-order valence-electron chi connectivity index (χ1n) is 7.46. The summed E-state index contributed by atoms with van der Waals surface area (Å²) in [5.74, 6) is 0.697. The van der Waals surface area contributed by atoms with E-state index >= 15 is 0 Å². The summed E-state index contributed by atoms with van der Waals surface area (Å²) in [7, 11) is 1.62. The second kappa shape index (κ2) is 6.95. The number of anilines is 1. The van der Waals surface area contributed by atoms with Crippen LogP contribution in [0, 0.1) is 10.1 Å². The summed E-state index contributed by atoms with van der Waals surface area (Å²) in [5.41, 5.74) is 7.03. The zero-order valence-electron chi connectivity index (χ0n) is 13.0. The van der Waals surface area contributed by atoms with Gasteiger partial charge in [0.2, 0.25) is 5.95 Å². The van der Waals surface area contributed by atoms with Gasteiger partial charge in [-0.25, -0.2) is 4.98 Å². The molecule has 0 aliphatic carbocycles. The van der Waals surface area contributed by atoms with Gasteiger partial charge in [-0.15, -0.1) is 0 Å². The molecule has 0 unspecified atom stereocenters. The topological polar surface area (TPSA) is 99.5 Å². The molecule has 130 valence electrons. The largest absolute Gasteiger partial charge is 0.383 e. The van der Waals surface area contributed by atoms with E-state index < -0.39 is 4.92 Å². The third kappa shape index (κ3) is 3.03. The maximum atomic E-state index is 11.5. The number of methoxy groups -OCH3 is 1. The lowest BCUT2D eigenvalue weighted by Crippen LogP contribution is -2.28. The summed E-state index contributed by atoms with van der Waals surface area (Å²) in [4.78, 5) is 17.8. The Hall–Kier alpha value is -1.23. The number of rotatable bonds is 5. The first-order chi connectivity index (χ1) is 11.4. The van der Waals surface area contributed by atoms with E-state index in [0.29, 0.717) is 45.6 Å². The van der Waals surface area contributed by atoms with E-state index in [4.69, 9.17) is 10.5 Å². The number of imidazole rings is 1. The van der Waals surface area contributed by atoms with Crippen LogP contribution in [-0.4, -0.2) is 47.3 Å². The number of nitro groups is 1. The van der Waals surface area contributed by atoms with Crippen molar-refractivity contribution < 1.29 is 9.66 Å². The molecule has 1 atom stereocenters. The molecule has 2 N–H and O–H groups in total. The highest BCUT2D eigenvalue weighted by Crippen LogP contribution is 2.40. The van der Waals surface area contributed by atoms with Crippen molar-refractivity contribution in [3.8, 4) is 0 Å². The standard InChI is InChI=1S/C14H17Br2N5O3/c1-24-5-4-20-10-6-9(15)11(16)13(21(22)23)12(10)18-14(20)19-3-2-8(17)7-19/h6,8H,2-5,7,17H2,1H3/t8-/m1/s1. The van der Waals surface area contributed by atoms with Crippen molar-refractivity contribution in [3.05, 3.63) is 25.1 Å². The Morgan fingerprint density at radius 1 is 1.54 bits per heavy atom. The van der Waals surface area contributed by atoms with Gasteiger partial charge < -0.3 is 19.9 Å². The Morgan fingerprint density at radius 3 is 2.88 bits per heavy atom. The highest BCUT2D eigenvalue weighted by Gasteiger charge is 2.29. The molecule has 2 heterocycles. The van der Waals surface area contributed by atoms with E-state index in [2.05, 4.69) is 41.7 Å². The van der Waals surface area contributed by atoms with Crippen molar-refractivity contribution >= 4 is 54.5 Å². The lowest BCUT2D eigenvalue weighted by Gasteiger charge is -2.18. The summed E-state index contributed by atoms with van der Waals surface area (Å²) in [5, 5.41) is 11.5. The van der Waals surface area contributed by atoms with Crippen molar-refractivity contribution in [3.63, 3.8) is 0 Å². The number of nitrogens with zero attached hydrogens (tertiary/aromatic N) is 4. The number of benzene rings is 1. The molecule has 1 aromatic carbocycles. The van der Waals surface area contributed by atoms with E-state index in [1.807, 2.05) is 10.6 Å². The van der Waals surface area contributed by atoms with Crippen molar-refractivity contribution in [2.45, 2.75) is 19.0 Å². The van der Waals surface area contributed by atoms with Gasteiger partial charge in [-0.1, -0.05) is 0 Å². The lowest BCUT2D eigenvalue weighted by molar-refractivity contribution is -0.384. The van der Waals surface area contributed by atoms with Crippen molar-refractivity contribution in [2.24, 2.45) is 5.73 Å². The van der Waals surface area contributed by atoms with E-state index in [1.54, 1.807) is 7.11 Å². The quantitative estimate of drug-likeness (QED) is 0.541. The zero-order chi connectivity index (χ0) is 17.4. The highest BCUT2D eigenvalue weighted by atomic mass is 79.9. The summed E-state index contributed by atoms with van der Waals surface area (Å²) < 4.78 is 8.15. The number of ether oxygens (including phenoxy) is 1. The lowest BCUT2D eigenvalue weighted by atomic mass is 10.2. The monoisotopic (exact) mass is 461 g/mol. The fourth-order valence-electron chi connectivity index (χ4n) is 2.95. The number of halogens is 2. The summed E-state index contributed by atoms with van der Waals surface area (Å²) >= 11 is 6.67. The molecule has 0 saturated carbocycles. The molecule has 1 aliphatic rings. The van der Waals surface area contributed by atoms with Crippen LogP contribution in [0.1, 0.15) is 6.42 Å². The Kier molecular flexibility index (Phi) is 5.09. The van der Waals surface area contributed by atoms with E-state index in [1.165, 1.54) is 0 Å². The van der Waals surface area contributed by atoms with Gasteiger partial charge in [-0.05, 0) is 44.3 Å². The van der Waals surface area contributed by atoms with Gasteiger partial charge in [-0.3, -0.25) is 10.1 Å². The molecule has 1 fully saturated rings. The molecule has 0 radical (unpaired) electrons. The summed E-state index contributed by atoms with van der Waals surface area (Å²) in [6.07, 6.45) is 0.878. The summed E-state index contributed by atoms with van der Waals surface area (Å²) in [6.45, 7) is 2.51. The fraction of sp³-hybridized carbons (Fsp3) is 0.500. The maximum Gasteiger partial charge on any atom is 0.312 e. The zero-order valence-corrected chi connectivity index (χ0v) is 16.2. The Balaban J connectivity index is 2.23. The molecule has 3 rings (SSSR count). The fourth-order valence-corrected chi connectivity index (χ4v) is 3.81. The molecule has 1 saturated heterocycles. The van der Waals surface area contributed by atoms with Gasteiger partial charge in [0.05, 0.1) is 17.0 Å². The van der Waals surface area contributed by atoms with Crippen LogP contribution in [0.15, 0.2) is 15.0 Å². The molecule has 24 heavy (non-hydrogen) atoms. The first-order valence-corrected chi connectivity index (χ1v) is 9.04. The number of nitro benzene ring substituents is 1. The number of hydrogen-bond donors (Lipinski definition) is 1. The van der Waals surface area contributed by atoms with Gasteiger partial charge in [0.1, 0.15) is 4.47 Å². The summed E-state index contributed by atoms with van der Waals surface area (Å²) in [6, 6.07) is 1.93. The van der Waals surface area contributed by atoms with Crippen LogP contribution in [-0.2, 0) is 11.3 Å². The van der Waals surface area contributed by atoms with Crippen LogP contribution in [0.2, 0.25) is 0 Å². The van der Waals surface area contributed by atoms with Gasteiger partial charge in [0, 0.05) is 37.3 Å². The number of fused-ring (bicyclic) bond motifs is 1. The minimum atomic E-state index is -0.412.